The lowest BCUT2D eigenvalue weighted by atomic mass is 10.0. The quantitative estimate of drug-likeness (QED) is 0.371. The fourth-order valence-electron chi connectivity index (χ4n) is 2.86. The largest absolute Gasteiger partial charge is 0.507 e. The van der Waals surface area contributed by atoms with E-state index in [1.54, 1.807) is 66.7 Å². The van der Waals surface area contributed by atoms with Crippen molar-refractivity contribution in [2.75, 3.05) is 5.73 Å². The first-order valence-electron chi connectivity index (χ1n) is 9.40. The molecule has 4 aromatic carbocycles. The number of para-hydroxylation sites is 2. The number of hydrogen-bond donors (Lipinski definition) is 2. The summed E-state index contributed by atoms with van der Waals surface area (Å²) in [6.07, 6.45) is 0. The van der Waals surface area contributed by atoms with Gasteiger partial charge in [0.05, 0.1) is 5.56 Å². The van der Waals surface area contributed by atoms with Crippen molar-refractivity contribution >= 4 is 17.3 Å². The van der Waals surface area contributed by atoms with Gasteiger partial charge in [0.15, 0.2) is 11.6 Å². The molecular weight excluding hydrogens is 374 g/mol. The van der Waals surface area contributed by atoms with Gasteiger partial charge in [0.25, 0.3) is 0 Å². The molecule has 0 bridgehead atoms. The lowest BCUT2D eigenvalue weighted by molar-refractivity contribution is 0.103. The van der Waals surface area contributed by atoms with Gasteiger partial charge in [0, 0.05) is 22.4 Å². The Morgan fingerprint density at radius 2 is 0.933 bits per heavy atom. The zero-order valence-electron chi connectivity index (χ0n) is 16.2. The summed E-state index contributed by atoms with van der Waals surface area (Å²) >= 11 is 0. The van der Waals surface area contributed by atoms with Crippen molar-refractivity contribution in [3.63, 3.8) is 0 Å². The molecule has 4 rings (SSSR count). The highest BCUT2D eigenvalue weighted by molar-refractivity contribution is 6.12. The number of phenolic OH excluding ortho intramolecular Hbond substituents is 1. The summed E-state index contributed by atoms with van der Waals surface area (Å²) in [4.78, 5) is 23.9. The standard InChI is InChI=1S/C13H11NO.C13H10O2/c2*14-12-9-5-4-8-11(12)13(15)10-6-2-1-3-7-10/h1-9H,14H2;1-9,14H. The number of nitrogen functional groups attached to an aromatic ring is 1. The van der Waals surface area contributed by atoms with Crippen molar-refractivity contribution < 1.29 is 14.7 Å². The summed E-state index contributed by atoms with van der Waals surface area (Å²) < 4.78 is 0. The molecule has 0 fully saturated rings. The number of hydrogen-bond acceptors (Lipinski definition) is 4. The Balaban J connectivity index is 0.000000171. The summed E-state index contributed by atoms with van der Waals surface area (Å²) in [7, 11) is 0. The van der Waals surface area contributed by atoms with Crippen molar-refractivity contribution in [1.29, 1.82) is 0 Å². The van der Waals surface area contributed by atoms with Crippen LogP contribution in [0, 0.1) is 0 Å². The summed E-state index contributed by atoms with van der Waals surface area (Å²) in [6.45, 7) is 0. The molecule has 0 heterocycles. The van der Waals surface area contributed by atoms with E-state index < -0.39 is 0 Å². The Labute approximate surface area is 175 Å². The number of anilines is 1. The average molecular weight is 395 g/mol. The van der Waals surface area contributed by atoms with Crippen LogP contribution in [0.5, 0.6) is 5.75 Å². The highest BCUT2D eigenvalue weighted by Gasteiger charge is 2.12. The number of benzene rings is 4. The Morgan fingerprint density at radius 3 is 1.43 bits per heavy atom. The Bertz CT molecular complexity index is 1050. The van der Waals surface area contributed by atoms with E-state index in [1.165, 1.54) is 6.07 Å². The van der Waals surface area contributed by atoms with Gasteiger partial charge in [0.2, 0.25) is 0 Å². The van der Waals surface area contributed by atoms with Gasteiger partial charge in [-0.25, -0.2) is 0 Å². The number of ketones is 2. The zero-order chi connectivity index (χ0) is 21.3. The van der Waals surface area contributed by atoms with Crippen molar-refractivity contribution in [3.05, 3.63) is 131 Å². The van der Waals surface area contributed by atoms with Gasteiger partial charge in [-0.2, -0.15) is 0 Å². The minimum Gasteiger partial charge on any atom is -0.507 e. The van der Waals surface area contributed by atoms with Crippen molar-refractivity contribution in [2.24, 2.45) is 0 Å². The minimum absolute atomic E-state index is 0.0198. The van der Waals surface area contributed by atoms with Crippen LogP contribution in [0.15, 0.2) is 109 Å². The fraction of sp³-hybridized carbons (Fsp3) is 0. The second kappa shape index (κ2) is 9.85. The molecule has 30 heavy (non-hydrogen) atoms. The molecule has 0 unspecified atom stereocenters. The van der Waals surface area contributed by atoms with Gasteiger partial charge in [0.1, 0.15) is 5.75 Å². The number of carbonyl (C=O) groups is 2. The summed E-state index contributed by atoms with van der Waals surface area (Å²) in [6, 6.07) is 31.7. The molecule has 0 spiro atoms. The van der Waals surface area contributed by atoms with Gasteiger partial charge in [-0.1, -0.05) is 84.9 Å². The van der Waals surface area contributed by atoms with Crippen LogP contribution in [0.2, 0.25) is 0 Å². The van der Waals surface area contributed by atoms with E-state index in [1.807, 2.05) is 36.4 Å². The third kappa shape index (κ3) is 5.00. The van der Waals surface area contributed by atoms with E-state index in [4.69, 9.17) is 5.73 Å². The summed E-state index contributed by atoms with van der Waals surface area (Å²) in [5, 5.41) is 9.52. The maximum absolute atomic E-state index is 12.0. The van der Waals surface area contributed by atoms with E-state index >= 15 is 0 Å². The summed E-state index contributed by atoms with van der Waals surface area (Å²) in [5.74, 6) is -0.172. The number of rotatable bonds is 4. The van der Waals surface area contributed by atoms with Gasteiger partial charge >= 0.3 is 0 Å². The highest BCUT2D eigenvalue weighted by Crippen LogP contribution is 2.19. The number of nitrogens with two attached hydrogens (primary N) is 1. The summed E-state index contributed by atoms with van der Waals surface area (Å²) in [5.41, 5.74) is 8.40. The van der Waals surface area contributed by atoms with Gasteiger partial charge in [-0.05, 0) is 24.3 Å². The van der Waals surface area contributed by atoms with Crippen LogP contribution >= 0.6 is 0 Å². The van der Waals surface area contributed by atoms with Crippen molar-refractivity contribution in [1.82, 2.24) is 0 Å². The first-order chi connectivity index (χ1) is 14.6. The maximum atomic E-state index is 12.0. The predicted molar refractivity (Wildman–Crippen MR) is 119 cm³/mol. The predicted octanol–water partition coefficient (Wildman–Crippen LogP) is 5.12. The monoisotopic (exact) mass is 395 g/mol. The maximum Gasteiger partial charge on any atom is 0.196 e. The molecule has 0 amide bonds. The average Bonchev–Trinajstić information content (AvgIpc) is 2.80. The SMILES string of the molecule is Nc1ccccc1C(=O)c1ccccc1.O=C(c1ccccc1)c1ccccc1O. The van der Waals surface area contributed by atoms with E-state index in [-0.39, 0.29) is 17.3 Å². The molecule has 0 aliphatic heterocycles. The number of aromatic hydroxyl groups is 1. The molecule has 4 heteroatoms. The van der Waals surface area contributed by atoms with E-state index in [0.29, 0.717) is 27.9 Å². The molecule has 0 aliphatic rings. The molecular formula is C26H21NO3. The lowest BCUT2D eigenvalue weighted by Gasteiger charge is -2.03. The smallest absolute Gasteiger partial charge is 0.196 e. The molecule has 0 radical (unpaired) electrons. The minimum atomic E-state index is -0.159. The van der Waals surface area contributed by atoms with Crippen LogP contribution in [-0.4, -0.2) is 16.7 Å². The Hall–Kier alpha value is -4.18. The molecule has 0 aromatic heterocycles. The lowest BCUT2D eigenvalue weighted by Crippen LogP contribution is -2.04. The van der Waals surface area contributed by atoms with E-state index in [0.717, 1.165) is 0 Å². The zero-order valence-corrected chi connectivity index (χ0v) is 16.2. The van der Waals surface area contributed by atoms with Crippen molar-refractivity contribution in [3.8, 4) is 5.75 Å². The van der Waals surface area contributed by atoms with Crippen LogP contribution in [0.1, 0.15) is 31.8 Å². The topological polar surface area (TPSA) is 80.4 Å². The molecule has 0 saturated heterocycles. The normalized spacial score (nSPS) is 9.87. The van der Waals surface area contributed by atoms with Crippen molar-refractivity contribution in [2.45, 2.75) is 0 Å². The van der Waals surface area contributed by atoms with Crippen LogP contribution in [0.25, 0.3) is 0 Å². The van der Waals surface area contributed by atoms with Crippen LogP contribution < -0.4 is 5.73 Å². The molecule has 3 N–H and O–H groups in total. The van der Waals surface area contributed by atoms with Crippen LogP contribution in [0.3, 0.4) is 0 Å². The molecule has 0 atom stereocenters. The van der Waals surface area contributed by atoms with Crippen LogP contribution in [-0.2, 0) is 0 Å². The molecule has 4 nitrogen and oxygen atoms in total. The Morgan fingerprint density at radius 1 is 0.533 bits per heavy atom. The molecule has 0 aliphatic carbocycles. The first kappa shape index (κ1) is 20.6. The van der Waals surface area contributed by atoms with E-state index in [9.17, 15) is 14.7 Å². The number of carbonyl (C=O) groups excluding carboxylic acids is 2. The van der Waals surface area contributed by atoms with Gasteiger partial charge in [-0.15, -0.1) is 0 Å². The van der Waals surface area contributed by atoms with Gasteiger partial charge < -0.3 is 10.8 Å². The molecule has 148 valence electrons. The van der Waals surface area contributed by atoms with E-state index in [2.05, 4.69) is 0 Å². The number of phenols is 1. The second-order valence-corrected chi connectivity index (χ2v) is 6.49. The molecule has 4 aromatic rings. The molecule has 0 saturated carbocycles. The van der Waals surface area contributed by atoms with Gasteiger partial charge in [-0.3, -0.25) is 9.59 Å². The highest BCUT2D eigenvalue weighted by atomic mass is 16.3. The van der Waals surface area contributed by atoms with Crippen LogP contribution in [0.4, 0.5) is 5.69 Å². The second-order valence-electron chi connectivity index (χ2n) is 6.49. The first-order valence-corrected chi connectivity index (χ1v) is 9.40. The third-order valence-electron chi connectivity index (χ3n) is 4.43. The third-order valence-corrected chi connectivity index (χ3v) is 4.43. The fourth-order valence-corrected chi connectivity index (χ4v) is 2.86. The Kier molecular flexibility index (Phi) is 6.74.